The molecule has 0 fully saturated rings. The number of hydrogen-bond acceptors (Lipinski definition) is 42. The average molecular weight is 1750 g/mol. The zero-order chi connectivity index (χ0) is 71.5. The molecular weight excluding hydrogens is 1690 g/mol. The summed E-state index contributed by atoms with van der Waals surface area (Å²) in [5.41, 5.74) is 22.8. The zero-order valence-corrected chi connectivity index (χ0v) is 68.6. The van der Waals surface area contributed by atoms with Gasteiger partial charge in [0.05, 0.1) is 86.8 Å². The summed E-state index contributed by atoms with van der Waals surface area (Å²) < 4.78 is 151. The first-order chi connectivity index (χ1) is 40.7. The molecule has 4 aromatic carbocycles. The summed E-state index contributed by atoms with van der Waals surface area (Å²) in [6, 6.07) is 20.4. The number of aliphatic hydroxyl groups excluding tert-OH is 14. The maximum absolute atomic E-state index is 10.3. The molecule has 10 atom stereocenters. The molecule has 0 spiro atoms. The molecule has 0 saturated heterocycles. The van der Waals surface area contributed by atoms with Gasteiger partial charge in [0, 0.05) is 22.7 Å². The van der Waals surface area contributed by atoms with E-state index in [4.69, 9.17) is 94.4 Å². The quantitative estimate of drug-likeness (QED) is 0.0150. The number of carboxylic acids is 2. The molecule has 22 N–H and O–H groups in total. The van der Waals surface area contributed by atoms with Crippen molar-refractivity contribution in [2.45, 2.75) is 80.6 Å². The van der Waals surface area contributed by atoms with Crippen molar-refractivity contribution >= 4 is 90.8 Å². The van der Waals surface area contributed by atoms with Gasteiger partial charge in [-0.25, -0.2) is 33.7 Å². The second-order valence-corrected chi connectivity index (χ2v) is 24.1. The molecule has 4 aromatic rings. The van der Waals surface area contributed by atoms with Crippen LogP contribution in [0.5, 0.6) is 0 Å². The molecule has 42 nitrogen and oxygen atoms in total. The minimum absolute atomic E-state index is 0. The normalized spacial score (nSPS) is 14.0. The standard InChI is InChI=1S/4C6H7NO3S.2C6H12O7.2C3H9O6P.5Zn/c4*7-5-1-3-6(4-2-5)11(8,9)10;2*7-1-2(8)3(9)4(10)5(11)6(12)13;2*4-1-3(5)2-9-10(6,7)8;;;;;/h4*1-4H,7H2,(H,8,9,10);2*2-5,7-11H,1H2,(H,12,13);2*3-5H,1-2H2,(H2,6,7,8);;;;;/q;;;;;;;;5*+2/p-10/t;;;;2*2-,3-,4+,5-;;;;;;;/m....11......./s1. The molecule has 0 radical (unpaired) electrons. The van der Waals surface area contributed by atoms with E-state index in [0.29, 0.717) is 22.7 Å². The minimum atomic E-state index is -5.00. The van der Waals surface area contributed by atoms with Crippen molar-refractivity contribution < 1.29 is 278 Å². The van der Waals surface area contributed by atoms with E-state index >= 15 is 0 Å². The van der Waals surface area contributed by atoms with Crippen molar-refractivity contribution in [3.63, 3.8) is 0 Å². The number of carbonyl (C=O) groups excluding carboxylic acids is 2. The fraction of sp³-hybridized carbons (Fsp3) is 0.381. The Labute approximate surface area is 604 Å². The number of phosphoric ester groups is 2. The van der Waals surface area contributed by atoms with Crippen molar-refractivity contribution in [2.75, 3.05) is 62.6 Å². The van der Waals surface area contributed by atoms with E-state index in [2.05, 4.69) is 9.05 Å². The molecule has 53 heteroatoms. The van der Waals surface area contributed by atoms with Crippen molar-refractivity contribution in [3.8, 4) is 0 Å². The van der Waals surface area contributed by atoms with Crippen LogP contribution < -0.4 is 52.7 Å². The van der Waals surface area contributed by atoms with Crippen LogP contribution in [0.3, 0.4) is 0 Å². The summed E-state index contributed by atoms with van der Waals surface area (Å²) in [5.74, 6) is -3.95. The van der Waals surface area contributed by atoms with Crippen molar-refractivity contribution in [1.29, 1.82) is 0 Å². The molecule has 4 rings (SSSR count). The number of aliphatic hydroxyl groups is 14. The van der Waals surface area contributed by atoms with E-state index in [9.17, 15) is 100 Å². The fourth-order valence-electron chi connectivity index (χ4n) is 4.32. The summed E-state index contributed by atoms with van der Waals surface area (Å²) >= 11 is 0. The Morgan fingerprint density at radius 2 is 0.537 bits per heavy atom. The number of nitrogen functional groups attached to an aromatic ring is 4. The molecule has 0 heterocycles. The summed E-state index contributed by atoms with van der Waals surface area (Å²) in [6.45, 7) is -4.39. The van der Waals surface area contributed by atoms with E-state index in [1.54, 1.807) is 0 Å². The summed E-state index contributed by atoms with van der Waals surface area (Å²) in [7, 11) is -27.3. The maximum Gasteiger partial charge on any atom is 2.00 e. The molecule has 0 aliphatic heterocycles. The van der Waals surface area contributed by atoms with E-state index in [1.807, 2.05) is 0 Å². The second kappa shape index (κ2) is 54.2. The second-order valence-electron chi connectivity index (χ2n) is 16.2. The molecule has 0 bridgehead atoms. The number of carboxylic acid groups (broad SMARTS) is 2. The topological polar surface area (TPSA) is 841 Å². The third-order valence-electron chi connectivity index (χ3n) is 8.94. The first-order valence-electron chi connectivity index (χ1n) is 23.0. The molecular formula is C42H60N4O38P2S4Zn5. The summed E-state index contributed by atoms with van der Waals surface area (Å²) in [5, 5.41) is 140. The largest absolute Gasteiger partial charge is 2.00 e. The molecule has 0 aliphatic carbocycles. The number of aliphatic carboxylic acids is 2. The van der Waals surface area contributed by atoms with E-state index in [-0.39, 0.29) is 117 Å². The Kier molecular flexibility index (Phi) is 63.4. The molecule has 95 heavy (non-hydrogen) atoms. The van der Waals surface area contributed by atoms with Gasteiger partial charge in [0.15, 0.2) is 0 Å². The summed E-state index contributed by atoms with van der Waals surface area (Å²) in [6.07, 6.45) is -18.8. The van der Waals surface area contributed by atoms with Crippen LogP contribution in [0.4, 0.5) is 22.7 Å². The maximum atomic E-state index is 10.3. The SMILES string of the molecule is Nc1ccc(S(=O)(=O)[O-])cc1.Nc1ccc(S(=O)(=O)[O-])cc1.Nc1ccc(S(=O)(=O)[O-])cc1.Nc1ccc(S(=O)(=O)[O-])cc1.O=C([O-])[C@H](O)[C@@H](O)[C@H](O)[C@H](O)CO.O=C([O-])[C@H](O)[C@@H](O)[C@H](O)[C@H](O)CO.O=P([O-])([O-])OCC(O)CO.O=P([O-])([O-])OCC(O)CO.[Zn+2].[Zn+2].[Zn+2].[Zn+2].[Zn+2]. The zero-order valence-electron chi connectivity index (χ0n) is 48.7. The van der Waals surface area contributed by atoms with E-state index < -0.39 is 169 Å². The van der Waals surface area contributed by atoms with Crippen molar-refractivity contribution in [3.05, 3.63) is 97.1 Å². The summed E-state index contributed by atoms with van der Waals surface area (Å²) in [4.78, 5) is 57.8. The van der Waals surface area contributed by atoms with Crippen LogP contribution in [-0.2, 0) is 166 Å². The monoisotopic (exact) mass is 1740 g/mol. The molecule has 0 amide bonds. The van der Waals surface area contributed by atoms with Gasteiger partial charge in [-0.15, -0.1) is 0 Å². The van der Waals surface area contributed by atoms with Crippen LogP contribution in [0.1, 0.15) is 0 Å². The number of rotatable bonds is 22. The number of carbonyl (C=O) groups is 2. The minimum Gasteiger partial charge on any atom is -0.790 e. The third-order valence-corrected chi connectivity index (χ3v) is 13.3. The van der Waals surface area contributed by atoms with Gasteiger partial charge in [0.2, 0.25) is 0 Å². The predicted octanol–water partition coefficient (Wildman–Crippen LogP) is -14.6. The molecule has 2 unspecified atom stereocenters. The average Bonchev–Trinajstić information content (AvgIpc) is 1.11. The number of phosphoric acid groups is 2. The van der Waals surface area contributed by atoms with Crippen LogP contribution in [0.15, 0.2) is 117 Å². The predicted molar refractivity (Wildman–Crippen MR) is 281 cm³/mol. The molecule has 0 saturated carbocycles. The van der Waals surface area contributed by atoms with Crippen LogP contribution >= 0.6 is 15.6 Å². The number of benzene rings is 4. The first-order valence-corrected chi connectivity index (χ1v) is 31.5. The van der Waals surface area contributed by atoms with Gasteiger partial charge in [0.25, 0.3) is 0 Å². The van der Waals surface area contributed by atoms with Gasteiger partial charge in [-0.1, -0.05) is 0 Å². The number of nitrogens with two attached hydrogens (primary N) is 4. The van der Waals surface area contributed by atoms with E-state index in [0.717, 1.165) is 0 Å². The third kappa shape index (κ3) is 56.8. The van der Waals surface area contributed by atoms with Crippen LogP contribution in [0, 0.1) is 0 Å². The molecule has 520 valence electrons. The Morgan fingerprint density at radius 3 is 0.653 bits per heavy atom. The molecule has 0 aliphatic rings. The van der Waals surface area contributed by atoms with Gasteiger partial charge in [0.1, 0.15) is 102 Å². The Balaban J connectivity index is -0.000000126. The first kappa shape index (κ1) is 111. The van der Waals surface area contributed by atoms with Gasteiger partial charge in [-0.05, 0) is 97.1 Å². The molecule has 0 aromatic heterocycles. The smallest absolute Gasteiger partial charge is 0.790 e. The van der Waals surface area contributed by atoms with Gasteiger partial charge in [-0.3, -0.25) is 0 Å². The van der Waals surface area contributed by atoms with Gasteiger partial charge in [-0.2, -0.15) is 0 Å². The van der Waals surface area contributed by atoms with Crippen LogP contribution in [0.2, 0.25) is 0 Å². The Morgan fingerprint density at radius 1 is 0.368 bits per heavy atom. The van der Waals surface area contributed by atoms with Gasteiger partial charge < -0.3 is 170 Å². The van der Waals surface area contributed by atoms with Gasteiger partial charge >= 0.3 is 97.4 Å². The fourth-order valence-corrected chi connectivity index (χ4v) is 6.91. The van der Waals surface area contributed by atoms with E-state index in [1.165, 1.54) is 97.1 Å². The Bertz CT molecular complexity index is 2900. The van der Waals surface area contributed by atoms with Crippen LogP contribution in [-0.4, -0.2) is 236 Å². The van der Waals surface area contributed by atoms with Crippen LogP contribution in [0.25, 0.3) is 0 Å². The Hall–Kier alpha value is -2.56. The number of anilines is 4. The van der Waals surface area contributed by atoms with Crippen molar-refractivity contribution in [1.82, 2.24) is 0 Å². The van der Waals surface area contributed by atoms with Crippen molar-refractivity contribution in [2.24, 2.45) is 0 Å². The number of hydrogen-bond donors (Lipinski definition) is 18.